The molecular formula is C26H30N4O4. The number of carbonyl (C=O) groups is 2. The predicted octanol–water partition coefficient (Wildman–Crippen LogP) is 3.21. The standard InChI is InChI=1S/C26H30N4O4/c1-18-15-20(22-7-3-4-8-23(22)28-18)17-34-21-11-9-19(10-12-21)25(31)27-16-24(26(32)29-33)30-13-5-2-6-14-30/h3-4,7-12,15,24,33H,2,5-6,13-14,16-17H2,1H3,(H,27,31)(H,29,32)/t24-/m1/s1. The molecule has 178 valence electrons. The molecular weight excluding hydrogens is 432 g/mol. The first-order valence-corrected chi connectivity index (χ1v) is 11.6. The molecule has 1 aliphatic heterocycles. The molecule has 1 atom stereocenters. The number of amides is 2. The molecule has 1 saturated heterocycles. The molecule has 1 aromatic heterocycles. The minimum absolute atomic E-state index is 0.123. The number of aromatic nitrogens is 1. The summed E-state index contributed by atoms with van der Waals surface area (Å²) in [5.74, 6) is -0.138. The summed E-state index contributed by atoms with van der Waals surface area (Å²) in [7, 11) is 0. The van der Waals surface area contributed by atoms with Crippen molar-refractivity contribution in [3.05, 3.63) is 71.4 Å². The summed E-state index contributed by atoms with van der Waals surface area (Å²) in [5.41, 5.74) is 5.11. The minimum atomic E-state index is -0.601. The third-order valence-corrected chi connectivity index (χ3v) is 6.14. The van der Waals surface area contributed by atoms with E-state index in [-0.39, 0.29) is 12.5 Å². The Morgan fingerprint density at radius 2 is 1.82 bits per heavy atom. The van der Waals surface area contributed by atoms with Crippen LogP contribution in [0.15, 0.2) is 54.6 Å². The minimum Gasteiger partial charge on any atom is -0.489 e. The van der Waals surface area contributed by atoms with Crippen molar-refractivity contribution in [3.63, 3.8) is 0 Å². The highest BCUT2D eigenvalue weighted by molar-refractivity contribution is 5.94. The van der Waals surface area contributed by atoms with Crippen molar-refractivity contribution in [2.45, 2.75) is 38.8 Å². The summed E-state index contributed by atoms with van der Waals surface area (Å²) in [6, 6.07) is 16.3. The monoisotopic (exact) mass is 462 g/mol. The number of hydroxylamine groups is 1. The van der Waals surface area contributed by atoms with E-state index in [1.54, 1.807) is 29.7 Å². The Kier molecular flexibility index (Phi) is 7.72. The van der Waals surface area contributed by atoms with Crippen LogP contribution in [0.25, 0.3) is 10.9 Å². The van der Waals surface area contributed by atoms with Gasteiger partial charge < -0.3 is 10.1 Å². The van der Waals surface area contributed by atoms with Gasteiger partial charge in [-0.25, -0.2) is 5.48 Å². The van der Waals surface area contributed by atoms with Crippen molar-refractivity contribution in [3.8, 4) is 5.75 Å². The number of ether oxygens (including phenoxy) is 1. The van der Waals surface area contributed by atoms with Gasteiger partial charge in [0.25, 0.3) is 11.8 Å². The maximum Gasteiger partial charge on any atom is 0.262 e. The summed E-state index contributed by atoms with van der Waals surface area (Å²) in [5, 5.41) is 13.0. The van der Waals surface area contributed by atoms with Gasteiger partial charge in [-0.1, -0.05) is 24.6 Å². The number of pyridine rings is 1. The fraction of sp³-hybridized carbons (Fsp3) is 0.346. The molecule has 3 aromatic rings. The molecule has 3 N–H and O–H groups in total. The number of para-hydroxylation sites is 1. The largest absolute Gasteiger partial charge is 0.489 e. The lowest BCUT2D eigenvalue weighted by atomic mass is 10.1. The number of hydrogen-bond donors (Lipinski definition) is 3. The SMILES string of the molecule is Cc1cc(COc2ccc(C(=O)NC[C@H](C(=O)NO)N3CCCCC3)cc2)c2ccccc2n1. The lowest BCUT2D eigenvalue weighted by molar-refractivity contribution is -0.135. The van der Waals surface area contributed by atoms with Crippen LogP contribution in [0.1, 0.15) is 40.9 Å². The lowest BCUT2D eigenvalue weighted by Gasteiger charge is -2.33. The fourth-order valence-corrected chi connectivity index (χ4v) is 4.36. The van der Waals surface area contributed by atoms with E-state index < -0.39 is 11.9 Å². The number of carbonyl (C=O) groups excluding carboxylic acids is 2. The van der Waals surface area contributed by atoms with Crippen LogP contribution >= 0.6 is 0 Å². The van der Waals surface area contributed by atoms with Crippen molar-refractivity contribution in [1.29, 1.82) is 0 Å². The van der Waals surface area contributed by atoms with Gasteiger partial charge in [-0.05, 0) is 69.3 Å². The second-order valence-electron chi connectivity index (χ2n) is 8.55. The normalized spacial score (nSPS) is 15.0. The number of hydrogen-bond acceptors (Lipinski definition) is 6. The molecule has 0 aliphatic carbocycles. The smallest absolute Gasteiger partial charge is 0.262 e. The maximum absolute atomic E-state index is 12.6. The Balaban J connectivity index is 1.36. The highest BCUT2D eigenvalue weighted by atomic mass is 16.5. The summed E-state index contributed by atoms with van der Waals surface area (Å²) in [6.07, 6.45) is 3.13. The number of aryl methyl sites for hydroxylation is 1. The molecule has 0 saturated carbocycles. The van der Waals surface area contributed by atoms with Crippen molar-refractivity contribution in [2.75, 3.05) is 19.6 Å². The van der Waals surface area contributed by atoms with Crippen LogP contribution in [0.3, 0.4) is 0 Å². The third kappa shape index (κ3) is 5.70. The van der Waals surface area contributed by atoms with E-state index >= 15 is 0 Å². The molecule has 4 rings (SSSR count). The first kappa shape index (κ1) is 23.7. The average Bonchev–Trinajstić information content (AvgIpc) is 2.88. The molecule has 0 bridgehead atoms. The van der Waals surface area contributed by atoms with Crippen molar-refractivity contribution >= 4 is 22.7 Å². The van der Waals surface area contributed by atoms with Gasteiger partial charge in [-0.15, -0.1) is 0 Å². The Hall–Kier alpha value is -3.49. The van der Waals surface area contributed by atoms with E-state index in [1.165, 1.54) is 0 Å². The number of nitrogens with one attached hydrogen (secondary N) is 2. The van der Waals surface area contributed by atoms with Crippen LogP contribution in [0, 0.1) is 6.92 Å². The second-order valence-corrected chi connectivity index (χ2v) is 8.55. The second kappa shape index (κ2) is 11.1. The van der Waals surface area contributed by atoms with E-state index in [1.807, 2.05) is 42.2 Å². The van der Waals surface area contributed by atoms with Gasteiger partial charge in [0, 0.05) is 28.8 Å². The van der Waals surface area contributed by atoms with Crippen LogP contribution in [0.5, 0.6) is 5.75 Å². The Morgan fingerprint density at radius 3 is 2.56 bits per heavy atom. The van der Waals surface area contributed by atoms with Gasteiger partial charge in [-0.2, -0.15) is 0 Å². The lowest BCUT2D eigenvalue weighted by Crippen LogP contribution is -2.53. The van der Waals surface area contributed by atoms with Crippen molar-refractivity contribution < 1.29 is 19.5 Å². The molecule has 0 unspecified atom stereocenters. The summed E-state index contributed by atoms with van der Waals surface area (Å²) >= 11 is 0. The van der Waals surface area contributed by atoms with Gasteiger partial charge in [0.05, 0.1) is 5.52 Å². The topological polar surface area (TPSA) is 104 Å². The van der Waals surface area contributed by atoms with Crippen LogP contribution < -0.4 is 15.5 Å². The van der Waals surface area contributed by atoms with Crippen LogP contribution in [0.2, 0.25) is 0 Å². The first-order chi connectivity index (χ1) is 16.5. The number of fused-ring (bicyclic) bond motifs is 1. The third-order valence-electron chi connectivity index (χ3n) is 6.14. The first-order valence-electron chi connectivity index (χ1n) is 11.6. The molecule has 1 aliphatic rings. The zero-order chi connectivity index (χ0) is 23.9. The number of likely N-dealkylation sites (tertiary alicyclic amines) is 1. The van der Waals surface area contributed by atoms with E-state index in [0.717, 1.165) is 54.5 Å². The Labute approximate surface area is 198 Å². The van der Waals surface area contributed by atoms with Crippen molar-refractivity contribution in [2.24, 2.45) is 0 Å². The number of rotatable bonds is 8. The van der Waals surface area contributed by atoms with Gasteiger partial charge in [0.1, 0.15) is 18.4 Å². The zero-order valence-electron chi connectivity index (χ0n) is 19.3. The molecule has 34 heavy (non-hydrogen) atoms. The Bertz CT molecular complexity index is 1140. The molecule has 2 aromatic carbocycles. The average molecular weight is 463 g/mol. The zero-order valence-corrected chi connectivity index (χ0v) is 19.3. The molecule has 0 spiro atoms. The summed E-state index contributed by atoms with van der Waals surface area (Å²) in [6.45, 7) is 4.02. The summed E-state index contributed by atoms with van der Waals surface area (Å²) in [4.78, 5) is 31.3. The van der Waals surface area contributed by atoms with Gasteiger partial charge in [-0.3, -0.25) is 24.7 Å². The van der Waals surface area contributed by atoms with Gasteiger partial charge in [0.2, 0.25) is 0 Å². The summed E-state index contributed by atoms with van der Waals surface area (Å²) < 4.78 is 5.97. The predicted molar refractivity (Wildman–Crippen MR) is 129 cm³/mol. The number of benzene rings is 2. The number of nitrogens with zero attached hydrogens (tertiary/aromatic N) is 2. The maximum atomic E-state index is 12.6. The van der Waals surface area contributed by atoms with Crippen LogP contribution in [-0.2, 0) is 11.4 Å². The highest BCUT2D eigenvalue weighted by Gasteiger charge is 2.27. The molecule has 2 amide bonds. The van der Waals surface area contributed by atoms with Gasteiger partial charge >= 0.3 is 0 Å². The van der Waals surface area contributed by atoms with Crippen LogP contribution in [0.4, 0.5) is 0 Å². The fourth-order valence-electron chi connectivity index (χ4n) is 4.36. The molecule has 2 heterocycles. The molecule has 8 heteroatoms. The quantitative estimate of drug-likeness (QED) is 0.351. The Morgan fingerprint density at radius 1 is 1.09 bits per heavy atom. The van der Waals surface area contributed by atoms with Crippen LogP contribution in [-0.4, -0.2) is 52.6 Å². The van der Waals surface area contributed by atoms with E-state index in [2.05, 4.69) is 10.3 Å². The number of piperidine rings is 1. The van der Waals surface area contributed by atoms with Crippen molar-refractivity contribution in [1.82, 2.24) is 20.7 Å². The van der Waals surface area contributed by atoms with Gasteiger partial charge in [0.15, 0.2) is 0 Å². The molecule has 0 radical (unpaired) electrons. The molecule has 8 nitrogen and oxygen atoms in total. The van der Waals surface area contributed by atoms with E-state index in [9.17, 15) is 9.59 Å². The highest BCUT2D eigenvalue weighted by Crippen LogP contribution is 2.21. The van der Waals surface area contributed by atoms with E-state index in [4.69, 9.17) is 9.94 Å². The molecule has 1 fully saturated rings. The van der Waals surface area contributed by atoms with E-state index in [0.29, 0.717) is 17.9 Å².